The molecule has 4 amide bonds. The minimum Gasteiger partial charge on any atom is -0.507 e. The van der Waals surface area contributed by atoms with Crippen LogP contribution in [-0.2, 0) is 6.54 Å². The lowest BCUT2D eigenvalue weighted by molar-refractivity contribution is 0.184. The zero-order valence-electron chi connectivity index (χ0n) is 22.2. The first-order valence-electron chi connectivity index (χ1n) is 14.2. The highest BCUT2D eigenvalue weighted by atomic mass is 35.5. The number of carbonyl (C=O) groups is 2. The average Bonchev–Trinajstić information content (AvgIpc) is 3.76. The van der Waals surface area contributed by atoms with Crippen molar-refractivity contribution in [3.63, 3.8) is 0 Å². The van der Waals surface area contributed by atoms with Crippen molar-refractivity contribution < 1.29 is 19.4 Å². The number of aromatic hydroxyl groups is 1. The average molecular weight is 556 g/mol. The smallest absolute Gasteiger partial charge is 0.331 e. The molecule has 1 aromatic carbocycles. The second kappa shape index (κ2) is 12.0. The first-order valence-corrected chi connectivity index (χ1v) is 14.2. The molecule has 9 nitrogen and oxygen atoms in total. The van der Waals surface area contributed by atoms with E-state index in [1.807, 2.05) is 12.1 Å². The van der Waals surface area contributed by atoms with Crippen molar-refractivity contribution in [2.24, 2.45) is 5.92 Å². The van der Waals surface area contributed by atoms with Crippen LogP contribution in [-0.4, -0.2) is 52.8 Å². The Bertz CT molecular complexity index is 1210. The van der Waals surface area contributed by atoms with Crippen LogP contribution in [0, 0.1) is 5.92 Å². The number of pyridine rings is 1. The number of amides is 4. The van der Waals surface area contributed by atoms with Crippen LogP contribution in [0.3, 0.4) is 0 Å². The van der Waals surface area contributed by atoms with Crippen LogP contribution in [0.1, 0.15) is 74.8 Å². The number of phenols is 1. The first kappa shape index (κ1) is 27.5. The topological polar surface area (TPSA) is 116 Å². The van der Waals surface area contributed by atoms with Crippen LogP contribution in [0.5, 0.6) is 11.5 Å². The van der Waals surface area contributed by atoms with Gasteiger partial charge in [0.15, 0.2) is 0 Å². The van der Waals surface area contributed by atoms with Gasteiger partial charge in [0.25, 0.3) is 0 Å². The van der Waals surface area contributed by atoms with Crippen molar-refractivity contribution in [2.75, 3.05) is 25.0 Å². The van der Waals surface area contributed by atoms with E-state index in [1.165, 1.54) is 24.2 Å². The summed E-state index contributed by atoms with van der Waals surface area (Å²) < 4.78 is 6.11. The summed E-state index contributed by atoms with van der Waals surface area (Å²) in [5.74, 6) is 1.91. The molecule has 1 aromatic heterocycles. The van der Waals surface area contributed by atoms with Crippen molar-refractivity contribution in [3.8, 4) is 22.8 Å². The predicted molar refractivity (Wildman–Crippen MR) is 152 cm³/mol. The Morgan fingerprint density at radius 2 is 1.95 bits per heavy atom. The number of imide groups is 1. The number of anilines is 1. The molecule has 2 aromatic rings. The monoisotopic (exact) mass is 555 g/mol. The van der Waals surface area contributed by atoms with Gasteiger partial charge in [-0.2, -0.15) is 0 Å². The second-order valence-electron chi connectivity index (χ2n) is 11.2. The summed E-state index contributed by atoms with van der Waals surface area (Å²) in [7, 11) is 0. The zero-order valence-corrected chi connectivity index (χ0v) is 23.0. The van der Waals surface area contributed by atoms with Gasteiger partial charge in [-0.05, 0) is 80.7 Å². The Labute approximate surface area is 235 Å². The number of fused-ring (bicyclic) bond motifs is 1. The van der Waals surface area contributed by atoms with Crippen molar-refractivity contribution >= 4 is 30.3 Å². The summed E-state index contributed by atoms with van der Waals surface area (Å²) >= 11 is 0. The molecule has 1 unspecified atom stereocenters. The molecule has 2 aliphatic heterocycles. The van der Waals surface area contributed by atoms with Crippen LogP contribution in [0.4, 0.5) is 15.4 Å². The molecule has 2 aliphatic carbocycles. The molecule has 3 fully saturated rings. The van der Waals surface area contributed by atoms with Gasteiger partial charge in [0.05, 0.1) is 24.4 Å². The van der Waals surface area contributed by atoms with Gasteiger partial charge >= 0.3 is 12.1 Å². The highest BCUT2D eigenvalue weighted by molar-refractivity contribution is 6.02. The molecule has 0 bridgehead atoms. The van der Waals surface area contributed by atoms with Crippen molar-refractivity contribution in [1.82, 2.24) is 20.5 Å². The fourth-order valence-corrected chi connectivity index (χ4v) is 5.92. The highest BCUT2D eigenvalue weighted by Crippen LogP contribution is 2.42. The number of urea groups is 2. The number of benzene rings is 1. The van der Waals surface area contributed by atoms with Crippen LogP contribution in [0.15, 0.2) is 24.3 Å². The lowest BCUT2D eigenvalue weighted by atomic mass is 9.87. The predicted octanol–water partition coefficient (Wildman–Crippen LogP) is 5.52. The number of rotatable bonds is 6. The zero-order chi connectivity index (χ0) is 26.1. The molecule has 4 aliphatic rings. The quantitative estimate of drug-likeness (QED) is 0.373. The number of piperidine rings is 1. The third kappa shape index (κ3) is 6.09. The van der Waals surface area contributed by atoms with E-state index in [2.05, 4.69) is 16.0 Å². The summed E-state index contributed by atoms with van der Waals surface area (Å²) in [5.41, 5.74) is 3.00. The second-order valence-corrected chi connectivity index (χ2v) is 11.2. The van der Waals surface area contributed by atoms with E-state index in [0.29, 0.717) is 35.3 Å². The Hall–Kier alpha value is -3.04. The van der Waals surface area contributed by atoms with Crippen molar-refractivity contribution in [2.45, 2.75) is 76.3 Å². The third-order valence-electron chi connectivity index (χ3n) is 8.29. The molecule has 1 saturated heterocycles. The van der Waals surface area contributed by atoms with Gasteiger partial charge in [-0.25, -0.2) is 19.5 Å². The molecule has 0 radical (unpaired) electrons. The van der Waals surface area contributed by atoms with Crippen LogP contribution in [0.2, 0.25) is 0 Å². The van der Waals surface area contributed by atoms with E-state index in [-0.39, 0.29) is 42.7 Å². The van der Waals surface area contributed by atoms with Gasteiger partial charge in [0, 0.05) is 18.2 Å². The maximum atomic E-state index is 13.2. The molecular weight excluding hydrogens is 518 g/mol. The van der Waals surface area contributed by atoms with E-state index < -0.39 is 6.03 Å². The Morgan fingerprint density at radius 1 is 1.13 bits per heavy atom. The van der Waals surface area contributed by atoms with Gasteiger partial charge in [-0.3, -0.25) is 5.32 Å². The standard InChI is InChI=1S/C29H37N5O4.ClH/c35-24-9-4-10-25(38-17-18-11-12-18)26(24)23-14-21(19-6-5-13-30-15-19)22-16-34(29(37)33-27(22)32-23)28(36)31-20-7-2-1-3-8-20;/h4,9-10,14,18-20,30,35H,1-3,5-8,11-13,15-17H2,(H,31,36)(H,32,33,37);1H. The third-order valence-corrected chi connectivity index (χ3v) is 8.29. The molecule has 39 heavy (non-hydrogen) atoms. The van der Waals surface area contributed by atoms with E-state index in [0.717, 1.165) is 62.7 Å². The van der Waals surface area contributed by atoms with Gasteiger partial charge in [-0.1, -0.05) is 25.3 Å². The fourth-order valence-electron chi connectivity index (χ4n) is 5.92. The Morgan fingerprint density at radius 3 is 2.69 bits per heavy atom. The number of hydrogen-bond donors (Lipinski definition) is 4. The summed E-state index contributed by atoms with van der Waals surface area (Å²) in [6.45, 7) is 2.57. The summed E-state index contributed by atoms with van der Waals surface area (Å²) in [5, 5.41) is 20.3. The maximum Gasteiger partial charge on any atom is 0.331 e. The molecule has 0 spiro atoms. The summed E-state index contributed by atoms with van der Waals surface area (Å²) in [4.78, 5) is 32.4. The molecule has 6 rings (SSSR count). The number of ether oxygens (including phenoxy) is 1. The van der Waals surface area contributed by atoms with Crippen molar-refractivity contribution in [3.05, 3.63) is 35.4 Å². The lowest BCUT2D eigenvalue weighted by Gasteiger charge is -2.33. The minimum absolute atomic E-state index is 0. The number of hydrogen-bond acceptors (Lipinski definition) is 6. The van der Waals surface area contributed by atoms with E-state index in [1.54, 1.807) is 12.1 Å². The number of nitrogens with zero attached hydrogens (tertiary/aromatic N) is 2. The summed E-state index contributed by atoms with van der Waals surface area (Å²) in [6.07, 6.45) is 9.68. The van der Waals surface area contributed by atoms with Gasteiger partial charge in [0.2, 0.25) is 0 Å². The first-order chi connectivity index (χ1) is 18.6. The molecule has 4 N–H and O–H groups in total. The minimum atomic E-state index is -0.481. The fraction of sp³-hybridized carbons (Fsp3) is 0.552. The van der Waals surface area contributed by atoms with Crippen LogP contribution >= 0.6 is 12.4 Å². The molecule has 210 valence electrons. The number of aromatic nitrogens is 1. The van der Waals surface area contributed by atoms with E-state index in [9.17, 15) is 14.7 Å². The van der Waals surface area contributed by atoms with Crippen LogP contribution in [0.25, 0.3) is 11.3 Å². The van der Waals surface area contributed by atoms with E-state index in [4.69, 9.17) is 9.72 Å². The lowest BCUT2D eigenvalue weighted by Crippen LogP contribution is -2.51. The number of nitrogens with one attached hydrogen (secondary N) is 3. The molecule has 10 heteroatoms. The Kier molecular flexibility index (Phi) is 8.47. The van der Waals surface area contributed by atoms with Gasteiger partial charge in [-0.15, -0.1) is 12.4 Å². The van der Waals surface area contributed by atoms with E-state index >= 15 is 0 Å². The number of carbonyl (C=O) groups excluding carboxylic acids is 2. The number of phenolic OH excluding ortho intramolecular Hbond substituents is 1. The summed E-state index contributed by atoms with van der Waals surface area (Å²) in [6, 6.07) is 6.57. The molecule has 2 saturated carbocycles. The number of halogens is 1. The molecular formula is C29H38ClN5O4. The van der Waals surface area contributed by atoms with Crippen LogP contribution < -0.4 is 20.7 Å². The molecule has 1 atom stereocenters. The van der Waals surface area contributed by atoms with Crippen molar-refractivity contribution in [1.29, 1.82) is 0 Å². The largest absolute Gasteiger partial charge is 0.507 e. The normalized spacial score (nSPS) is 21.4. The molecule has 3 heterocycles. The maximum absolute atomic E-state index is 13.2. The van der Waals surface area contributed by atoms with Gasteiger partial charge in [0.1, 0.15) is 17.3 Å². The Balaban J connectivity index is 0.00000308. The highest BCUT2D eigenvalue weighted by Gasteiger charge is 2.34. The van der Waals surface area contributed by atoms with Gasteiger partial charge < -0.3 is 20.5 Å². The SMILES string of the molecule is Cl.O=C1Nc2nc(-c3c(O)cccc3OCC3CC3)cc(C3CCCNC3)c2CN1C(=O)NC1CCCCC1.